The van der Waals surface area contributed by atoms with Crippen molar-refractivity contribution in [3.05, 3.63) is 12.2 Å². The maximum atomic E-state index is 12.9. The van der Waals surface area contributed by atoms with E-state index in [0.717, 1.165) is 57.8 Å². The van der Waals surface area contributed by atoms with Gasteiger partial charge in [-0.3, -0.25) is 14.4 Å². The highest BCUT2D eigenvalue weighted by atomic mass is 16.6. The Morgan fingerprint density at radius 1 is 0.253 bits per heavy atom. The Morgan fingerprint density at radius 3 is 0.667 bits per heavy atom. The first kappa shape index (κ1) is 73.2. The van der Waals surface area contributed by atoms with Crippen LogP contribution in [0.2, 0.25) is 0 Å². The zero-order valence-electron chi connectivity index (χ0n) is 51.1. The summed E-state index contributed by atoms with van der Waals surface area (Å²) >= 11 is 0. The maximum Gasteiger partial charge on any atom is 0.306 e. The van der Waals surface area contributed by atoms with E-state index >= 15 is 0 Å². The molecule has 0 aliphatic carbocycles. The van der Waals surface area contributed by atoms with Crippen molar-refractivity contribution in [3.8, 4) is 0 Å². The third-order valence-corrected chi connectivity index (χ3v) is 15.8. The van der Waals surface area contributed by atoms with E-state index in [9.17, 15) is 14.4 Å². The van der Waals surface area contributed by atoms with Gasteiger partial charge in [0.25, 0.3) is 0 Å². The molecule has 0 rings (SSSR count). The number of allylic oxidation sites excluding steroid dienone is 2. The molecule has 0 aromatic heterocycles. The Bertz CT molecular complexity index is 1170. The van der Waals surface area contributed by atoms with Crippen LogP contribution < -0.4 is 0 Å². The van der Waals surface area contributed by atoms with Crippen LogP contribution in [0.1, 0.15) is 393 Å². The summed E-state index contributed by atoms with van der Waals surface area (Å²) in [6.07, 6.45) is 76.5. The van der Waals surface area contributed by atoms with Gasteiger partial charge in [-0.1, -0.05) is 341 Å². The molecule has 0 bridgehead atoms. The smallest absolute Gasteiger partial charge is 0.306 e. The summed E-state index contributed by atoms with van der Waals surface area (Å²) in [5.41, 5.74) is 0. The quantitative estimate of drug-likeness (QED) is 0.0261. The third-order valence-electron chi connectivity index (χ3n) is 15.8. The van der Waals surface area contributed by atoms with Crippen LogP contribution in [-0.2, 0) is 28.6 Å². The number of hydrogen-bond donors (Lipinski definition) is 0. The molecular weight excluding hydrogens is 925 g/mol. The summed E-state index contributed by atoms with van der Waals surface area (Å²) in [4.78, 5) is 38.4. The lowest BCUT2D eigenvalue weighted by Gasteiger charge is -2.18. The second-order valence-electron chi connectivity index (χ2n) is 23.5. The van der Waals surface area contributed by atoms with Crippen molar-refractivity contribution in [2.75, 3.05) is 13.2 Å². The molecule has 0 N–H and O–H groups in total. The average molecular weight is 1060 g/mol. The van der Waals surface area contributed by atoms with Gasteiger partial charge in [0.15, 0.2) is 6.10 Å². The van der Waals surface area contributed by atoms with Crippen molar-refractivity contribution in [1.29, 1.82) is 0 Å². The number of ether oxygens (including phenoxy) is 3. The average Bonchev–Trinajstić information content (AvgIpc) is 3.41. The van der Waals surface area contributed by atoms with Crippen molar-refractivity contribution in [3.63, 3.8) is 0 Å². The molecule has 6 nitrogen and oxygen atoms in total. The zero-order valence-corrected chi connectivity index (χ0v) is 51.1. The van der Waals surface area contributed by atoms with E-state index in [-0.39, 0.29) is 31.1 Å². The van der Waals surface area contributed by atoms with Gasteiger partial charge in [-0.2, -0.15) is 0 Å². The fourth-order valence-electron chi connectivity index (χ4n) is 10.6. The molecule has 1 atom stereocenters. The molecule has 0 amide bonds. The lowest BCUT2D eigenvalue weighted by molar-refractivity contribution is -0.167. The van der Waals surface area contributed by atoms with E-state index in [2.05, 4.69) is 32.9 Å². The predicted octanol–water partition coefficient (Wildman–Crippen LogP) is 23.2. The molecule has 0 spiro atoms. The van der Waals surface area contributed by atoms with E-state index in [1.54, 1.807) is 0 Å². The van der Waals surface area contributed by atoms with E-state index < -0.39 is 6.10 Å². The van der Waals surface area contributed by atoms with Gasteiger partial charge in [-0.15, -0.1) is 0 Å². The monoisotopic (exact) mass is 1060 g/mol. The fourth-order valence-corrected chi connectivity index (χ4v) is 10.6. The Kier molecular flexibility index (Phi) is 63.1. The van der Waals surface area contributed by atoms with Gasteiger partial charge in [-0.25, -0.2) is 0 Å². The normalized spacial score (nSPS) is 12.0. The Morgan fingerprint density at radius 2 is 0.440 bits per heavy atom. The maximum absolute atomic E-state index is 12.9. The first-order chi connectivity index (χ1) is 37.0. The standard InChI is InChI=1S/C69H132O6/c1-4-7-10-13-16-19-22-25-28-31-33-34-35-37-38-41-44-47-50-53-56-59-62-68(71)74-65-66(64-73-67(70)61-58-55-52-49-46-43-40-30-27-24-21-18-15-12-9-6-3)75-69(72)63-60-57-54-51-48-45-42-39-36-32-29-26-23-20-17-14-11-8-5-2/h26,29,66H,4-25,27-28,30-65H2,1-3H3/b29-26-. The fraction of sp³-hybridized carbons (Fsp3) is 0.928. The second-order valence-corrected chi connectivity index (χ2v) is 23.5. The molecule has 0 aromatic carbocycles. The van der Waals surface area contributed by atoms with E-state index in [4.69, 9.17) is 14.2 Å². The molecule has 0 heterocycles. The second kappa shape index (κ2) is 64.7. The number of carbonyl (C=O) groups excluding carboxylic acids is 3. The molecule has 0 aliphatic heterocycles. The molecule has 0 saturated heterocycles. The lowest BCUT2D eigenvalue weighted by Crippen LogP contribution is -2.30. The van der Waals surface area contributed by atoms with Crippen LogP contribution >= 0.6 is 0 Å². The van der Waals surface area contributed by atoms with Crippen LogP contribution in [0.25, 0.3) is 0 Å². The minimum Gasteiger partial charge on any atom is -0.462 e. The van der Waals surface area contributed by atoms with E-state index in [0.29, 0.717) is 19.3 Å². The van der Waals surface area contributed by atoms with E-state index in [1.165, 1.54) is 295 Å². The van der Waals surface area contributed by atoms with Gasteiger partial charge < -0.3 is 14.2 Å². The highest BCUT2D eigenvalue weighted by molar-refractivity contribution is 5.71. The third kappa shape index (κ3) is 62.9. The Balaban J connectivity index is 4.27. The first-order valence-corrected chi connectivity index (χ1v) is 34.2. The van der Waals surface area contributed by atoms with Crippen LogP contribution in [-0.4, -0.2) is 37.2 Å². The number of hydrogen-bond acceptors (Lipinski definition) is 6. The van der Waals surface area contributed by atoms with Gasteiger partial charge in [0.1, 0.15) is 13.2 Å². The van der Waals surface area contributed by atoms with Crippen LogP contribution in [0, 0.1) is 0 Å². The molecule has 0 aliphatic rings. The lowest BCUT2D eigenvalue weighted by atomic mass is 10.0. The number of unbranched alkanes of at least 4 members (excludes halogenated alkanes) is 51. The molecule has 0 radical (unpaired) electrons. The van der Waals surface area contributed by atoms with Crippen LogP contribution in [0.4, 0.5) is 0 Å². The predicted molar refractivity (Wildman–Crippen MR) is 326 cm³/mol. The zero-order chi connectivity index (χ0) is 54.3. The molecule has 0 saturated carbocycles. The molecule has 1 unspecified atom stereocenters. The minimum absolute atomic E-state index is 0.0638. The van der Waals surface area contributed by atoms with Gasteiger partial charge in [-0.05, 0) is 44.9 Å². The first-order valence-electron chi connectivity index (χ1n) is 34.2. The minimum atomic E-state index is -0.767. The summed E-state index contributed by atoms with van der Waals surface area (Å²) in [7, 11) is 0. The van der Waals surface area contributed by atoms with Crippen LogP contribution in [0.3, 0.4) is 0 Å². The molecule has 6 heteroatoms. The van der Waals surface area contributed by atoms with Crippen molar-refractivity contribution in [2.45, 2.75) is 399 Å². The van der Waals surface area contributed by atoms with Crippen molar-refractivity contribution in [2.24, 2.45) is 0 Å². The van der Waals surface area contributed by atoms with Gasteiger partial charge in [0, 0.05) is 19.3 Å². The highest BCUT2D eigenvalue weighted by Crippen LogP contribution is 2.19. The molecule has 75 heavy (non-hydrogen) atoms. The van der Waals surface area contributed by atoms with Gasteiger partial charge in [0.2, 0.25) is 0 Å². The van der Waals surface area contributed by atoms with Crippen molar-refractivity contribution in [1.82, 2.24) is 0 Å². The van der Waals surface area contributed by atoms with Gasteiger partial charge >= 0.3 is 17.9 Å². The Hall–Kier alpha value is -1.85. The van der Waals surface area contributed by atoms with Crippen LogP contribution in [0.5, 0.6) is 0 Å². The number of carbonyl (C=O) groups is 3. The number of rotatable bonds is 64. The summed E-state index contributed by atoms with van der Waals surface area (Å²) in [6.45, 7) is 6.73. The van der Waals surface area contributed by atoms with Crippen LogP contribution in [0.15, 0.2) is 12.2 Å². The van der Waals surface area contributed by atoms with E-state index in [1.807, 2.05) is 0 Å². The topological polar surface area (TPSA) is 78.9 Å². The summed E-state index contributed by atoms with van der Waals surface area (Å²) < 4.78 is 17.0. The molecule has 444 valence electrons. The molecule has 0 aromatic rings. The molecule has 0 fully saturated rings. The summed E-state index contributed by atoms with van der Waals surface area (Å²) in [5, 5.41) is 0. The SMILES string of the molecule is CCCCCCCC/C=C\CCCCCCCCCCCC(=O)OC(COC(=O)CCCCCCCCCCCCCCCCCC)COC(=O)CCCCCCCCCCCCCCCCCCCCCCCC. The van der Waals surface area contributed by atoms with Crippen molar-refractivity contribution >= 4 is 17.9 Å². The summed E-state index contributed by atoms with van der Waals surface area (Å²) in [5.74, 6) is -0.831. The highest BCUT2D eigenvalue weighted by Gasteiger charge is 2.19. The summed E-state index contributed by atoms with van der Waals surface area (Å²) in [6, 6.07) is 0. The molecular formula is C69H132O6. The largest absolute Gasteiger partial charge is 0.462 e. The number of esters is 3. The van der Waals surface area contributed by atoms with Crippen molar-refractivity contribution < 1.29 is 28.6 Å². The Labute approximate surface area is 469 Å². The van der Waals surface area contributed by atoms with Gasteiger partial charge in [0.05, 0.1) is 0 Å².